The Kier molecular flexibility index (Phi) is 2.84. The smallest absolute Gasteiger partial charge is 0.182 e. The molecular weight excluding hydrogens is 160 g/mol. The van der Waals surface area contributed by atoms with E-state index in [0.717, 1.165) is 29.7 Å². The zero-order valence-electron chi connectivity index (χ0n) is 6.96. The maximum absolute atomic E-state index is 10.8. The first-order valence-corrected chi connectivity index (χ1v) is 5.01. The third-order valence-electron chi connectivity index (χ3n) is 2.23. The molecule has 2 nitrogen and oxygen atoms in total. The topological polar surface area (TPSA) is 37.3 Å². The molecule has 11 heavy (non-hydrogen) atoms. The van der Waals surface area contributed by atoms with Gasteiger partial charge in [-0.1, -0.05) is 12.5 Å². The van der Waals surface area contributed by atoms with Crippen molar-refractivity contribution in [3.8, 4) is 0 Å². The molecule has 0 amide bonds. The van der Waals surface area contributed by atoms with Crippen molar-refractivity contribution in [2.75, 3.05) is 0 Å². The fourth-order valence-corrected chi connectivity index (χ4v) is 2.24. The van der Waals surface area contributed by atoms with Gasteiger partial charge in [-0.3, -0.25) is 0 Å². The average molecular weight is 174 g/mol. The van der Waals surface area contributed by atoms with E-state index in [1.165, 1.54) is 0 Å². The highest BCUT2D eigenvalue weighted by molar-refractivity contribution is 7.83. The molecule has 0 heterocycles. The second-order valence-corrected chi connectivity index (χ2v) is 4.29. The highest BCUT2D eigenvalue weighted by atomic mass is 32.2. The number of allylic oxidation sites excluding steroid dienone is 2. The van der Waals surface area contributed by atoms with Crippen LogP contribution < -0.4 is 0 Å². The Morgan fingerprint density at radius 1 is 1.64 bits per heavy atom. The van der Waals surface area contributed by atoms with Crippen LogP contribution in [0.2, 0.25) is 0 Å². The summed E-state index contributed by atoms with van der Waals surface area (Å²) in [6.07, 6.45) is 2.95. The molecule has 0 saturated heterocycles. The Bertz CT molecular complexity index is 208. The van der Waals surface area contributed by atoms with Gasteiger partial charge in [-0.2, -0.15) is 0 Å². The van der Waals surface area contributed by atoms with Crippen molar-refractivity contribution in [2.24, 2.45) is 5.92 Å². The van der Waals surface area contributed by atoms with Gasteiger partial charge in [-0.15, -0.1) is 0 Å². The van der Waals surface area contributed by atoms with E-state index in [2.05, 4.69) is 6.92 Å². The Labute approximate surface area is 70.0 Å². The molecule has 0 fully saturated rings. The summed E-state index contributed by atoms with van der Waals surface area (Å²) in [6, 6.07) is 0. The van der Waals surface area contributed by atoms with E-state index >= 15 is 0 Å². The second kappa shape index (κ2) is 3.50. The molecule has 0 aromatic rings. The first-order valence-electron chi connectivity index (χ1n) is 3.90. The van der Waals surface area contributed by atoms with Crippen molar-refractivity contribution >= 4 is 11.1 Å². The van der Waals surface area contributed by atoms with Crippen LogP contribution in [0.25, 0.3) is 0 Å². The van der Waals surface area contributed by atoms with Gasteiger partial charge in [0.15, 0.2) is 11.1 Å². The molecule has 0 saturated carbocycles. The van der Waals surface area contributed by atoms with Crippen LogP contribution in [0.3, 0.4) is 0 Å². The van der Waals surface area contributed by atoms with Gasteiger partial charge in [-0.25, -0.2) is 4.21 Å². The summed E-state index contributed by atoms with van der Waals surface area (Å²) in [5.74, 6) is 0.574. The zero-order valence-corrected chi connectivity index (χ0v) is 7.78. The van der Waals surface area contributed by atoms with Crippen molar-refractivity contribution in [3.05, 3.63) is 10.5 Å². The second-order valence-electron chi connectivity index (χ2n) is 3.30. The maximum atomic E-state index is 10.8. The van der Waals surface area contributed by atoms with E-state index in [9.17, 15) is 4.21 Å². The summed E-state index contributed by atoms with van der Waals surface area (Å²) in [5.41, 5.74) is 1.11. The lowest BCUT2D eigenvalue weighted by atomic mass is 9.92. The Hall–Kier alpha value is -0.150. The molecule has 1 rings (SSSR count). The summed E-state index contributed by atoms with van der Waals surface area (Å²) in [5, 5.41) is 0. The Morgan fingerprint density at radius 2 is 2.27 bits per heavy atom. The molecule has 0 aliphatic heterocycles. The molecule has 1 aliphatic carbocycles. The minimum Gasteiger partial charge on any atom is -0.302 e. The molecule has 3 heteroatoms. The van der Waals surface area contributed by atoms with E-state index in [1.54, 1.807) is 0 Å². The van der Waals surface area contributed by atoms with Crippen molar-refractivity contribution in [1.82, 2.24) is 0 Å². The Balaban J connectivity index is 2.80. The van der Waals surface area contributed by atoms with Crippen LogP contribution in [0.4, 0.5) is 0 Å². The predicted octanol–water partition coefficient (Wildman–Crippen LogP) is 2.30. The fourth-order valence-electron chi connectivity index (χ4n) is 1.42. The minimum atomic E-state index is -1.72. The van der Waals surface area contributed by atoms with Gasteiger partial charge < -0.3 is 4.55 Å². The monoisotopic (exact) mass is 174 g/mol. The molecule has 0 aromatic carbocycles. The molecule has 0 spiro atoms. The first-order chi connectivity index (χ1) is 5.11. The van der Waals surface area contributed by atoms with Gasteiger partial charge in [0.05, 0.1) is 0 Å². The van der Waals surface area contributed by atoms with Gasteiger partial charge in [0.1, 0.15) is 0 Å². The quantitative estimate of drug-likeness (QED) is 0.619. The van der Waals surface area contributed by atoms with Crippen LogP contribution >= 0.6 is 0 Å². The largest absolute Gasteiger partial charge is 0.302 e. The van der Waals surface area contributed by atoms with E-state index < -0.39 is 11.1 Å². The highest BCUT2D eigenvalue weighted by Crippen LogP contribution is 2.29. The van der Waals surface area contributed by atoms with E-state index in [1.807, 2.05) is 6.92 Å². The van der Waals surface area contributed by atoms with Crippen LogP contribution in [0.5, 0.6) is 0 Å². The summed E-state index contributed by atoms with van der Waals surface area (Å²) in [7, 11) is 0. The van der Waals surface area contributed by atoms with E-state index in [-0.39, 0.29) is 0 Å². The predicted molar refractivity (Wildman–Crippen MR) is 46.5 cm³/mol. The summed E-state index contributed by atoms with van der Waals surface area (Å²) >= 11 is -1.72. The summed E-state index contributed by atoms with van der Waals surface area (Å²) in [6.45, 7) is 4.08. The molecule has 0 bridgehead atoms. The van der Waals surface area contributed by atoms with Crippen LogP contribution in [0.1, 0.15) is 33.1 Å². The van der Waals surface area contributed by atoms with Crippen LogP contribution in [-0.4, -0.2) is 8.76 Å². The molecule has 2 unspecified atom stereocenters. The highest BCUT2D eigenvalue weighted by Gasteiger charge is 2.18. The Morgan fingerprint density at radius 3 is 2.73 bits per heavy atom. The van der Waals surface area contributed by atoms with Gasteiger partial charge in [0, 0.05) is 4.91 Å². The third-order valence-corrected chi connectivity index (χ3v) is 3.17. The lowest BCUT2D eigenvalue weighted by Gasteiger charge is -2.20. The third kappa shape index (κ3) is 2.14. The SMILES string of the molecule is CC1=C(S(=O)O)CC(C)CC1. The van der Waals surface area contributed by atoms with Crippen molar-refractivity contribution in [3.63, 3.8) is 0 Å². The van der Waals surface area contributed by atoms with Crippen LogP contribution in [-0.2, 0) is 11.1 Å². The number of hydrogen-bond acceptors (Lipinski definition) is 1. The fraction of sp³-hybridized carbons (Fsp3) is 0.750. The molecule has 0 aromatic heterocycles. The summed E-state index contributed by atoms with van der Waals surface area (Å²) < 4.78 is 19.6. The summed E-state index contributed by atoms with van der Waals surface area (Å²) in [4.78, 5) is 0.753. The van der Waals surface area contributed by atoms with Crippen molar-refractivity contribution < 1.29 is 8.76 Å². The first kappa shape index (κ1) is 8.94. The number of rotatable bonds is 1. The van der Waals surface area contributed by atoms with Gasteiger partial charge in [-0.05, 0) is 32.1 Å². The molecular formula is C8H14O2S. The molecule has 1 N–H and O–H groups in total. The molecule has 64 valence electrons. The normalized spacial score (nSPS) is 28.8. The molecule has 1 aliphatic rings. The van der Waals surface area contributed by atoms with Crippen LogP contribution in [0.15, 0.2) is 10.5 Å². The maximum Gasteiger partial charge on any atom is 0.182 e. The number of hydrogen-bond donors (Lipinski definition) is 1. The average Bonchev–Trinajstić information content (AvgIpc) is 1.94. The van der Waals surface area contributed by atoms with Gasteiger partial charge in [0.2, 0.25) is 0 Å². The van der Waals surface area contributed by atoms with E-state index in [4.69, 9.17) is 4.55 Å². The standard InChI is InChI=1S/C8H14O2S/c1-6-3-4-7(2)8(5-6)11(9)10/h6H,3-5H2,1-2H3,(H,9,10). The van der Waals surface area contributed by atoms with Gasteiger partial charge >= 0.3 is 0 Å². The van der Waals surface area contributed by atoms with Gasteiger partial charge in [0.25, 0.3) is 0 Å². The molecule has 0 radical (unpaired) electrons. The zero-order chi connectivity index (χ0) is 8.43. The lowest BCUT2D eigenvalue weighted by Crippen LogP contribution is -2.09. The lowest BCUT2D eigenvalue weighted by molar-refractivity contribution is 0.496. The van der Waals surface area contributed by atoms with Crippen molar-refractivity contribution in [1.29, 1.82) is 0 Å². The van der Waals surface area contributed by atoms with Crippen molar-refractivity contribution in [2.45, 2.75) is 33.1 Å². The minimum absolute atomic E-state index is 0.574. The van der Waals surface area contributed by atoms with Crippen LogP contribution in [0, 0.1) is 5.92 Å². The molecule has 2 atom stereocenters. The van der Waals surface area contributed by atoms with E-state index in [0.29, 0.717) is 5.92 Å².